The number of amides is 1. The van der Waals surface area contributed by atoms with Crippen LogP contribution in [0.2, 0.25) is 0 Å². The van der Waals surface area contributed by atoms with Crippen molar-refractivity contribution in [1.29, 1.82) is 0 Å². The highest BCUT2D eigenvalue weighted by Gasteiger charge is 2.31. The number of benzene rings is 1. The van der Waals surface area contributed by atoms with Gasteiger partial charge >= 0.3 is 5.97 Å². The summed E-state index contributed by atoms with van der Waals surface area (Å²) in [7, 11) is 0. The van der Waals surface area contributed by atoms with E-state index in [2.05, 4.69) is 10.2 Å². The summed E-state index contributed by atoms with van der Waals surface area (Å²) in [6, 6.07) is 6.84. The summed E-state index contributed by atoms with van der Waals surface area (Å²) in [6.45, 7) is 2.47. The second-order valence-electron chi connectivity index (χ2n) is 6.80. The lowest BCUT2D eigenvalue weighted by Crippen LogP contribution is -2.27. The van der Waals surface area contributed by atoms with Crippen LogP contribution >= 0.6 is 23.5 Å². The maximum Gasteiger partial charge on any atom is 0.333 e. The number of aromatic nitrogens is 3. The summed E-state index contributed by atoms with van der Waals surface area (Å²) in [5.41, 5.74) is 0.439. The molecule has 1 aliphatic heterocycles. The molecule has 2 fully saturated rings. The summed E-state index contributed by atoms with van der Waals surface area (Å²) in [6.07, 6.45) is 3.40. The van der Waals surface area contributed by atoms with Crippen LogP contribution in [0.3, 0.4) is 0 Å². The standard InChI is InChI=1S/C20H21FN4O3S2/c1-2-28-18(27)11-17-24(16(26)12-30-17)9-10-29-20-23-22-19(25(20)13-7-8-13)14-5-3-4-6-15(14)21/h3-6,11,13H,2,7-10,12H2,1H3/b17-11+. The Kier molecular flexibility index (Phi) is 6.43. The fraction of sp³-hybridized carbons (Fsp3) is 0.400. The van der Waals surface area contributed by atoms with E-state index in [1.165, 1.54) is 35.7 Å². The van der Waals surface area contributed by atoms with Gasteiger partial charge < -0.3 is 9.64 Å². The maximum absolute atomic E-state index is 14.3. The van der Waals surface area contributed by atoms with Crippen LogP contribution in [0.25, 0.3) is 11.4 Å². The lowest BCUT2D eigenvalue weighted by molar-refractivity contribution is -0.137. The number of hydrogen-bond acceptors (Lipinski definition) is 7. The van der Waals surface area contributed by atoms with Crippen LogP contribution in [-0.2, 0) is 14.3 Å². The third-order valence-corrected chi connectivity index (χ3v) is 6.62. The fourth-order valence-corrected chi connectivity index (χ4v) is 5.03. The summed E-state index contributed by atoms with van der Waals surface area (Å²) in [5, 5.41) is 9.85. The number of esters is 1. The Morgan fingerprint density at radius 3 is 2.90 bits per heavy atom. The highest BCUT2D eigenvalue weighted by molar-refractivity contribution is 8.04. The number of hydrogen-bond donors (Lipinski definition) is 0. The molecule has 0 N–H and O–H groups in total. The third-order valence-electron chi connectivity index (χ3n) is 4.68. The molecule has 1 saturated carbocycles. The molecule has 10 heteroatoms. The molecule has 1 aliphatic carbocycles. The Bertz CT molecular complexity index is 990. The minimum Gasteiger partial charge on any atom is -0.463 e. The zero-order valence-electron chi connectivity index (χ0n) is 16.4. The number of ether oxygens (including phenoxy) is 1. The second-order valence-corrected chi connectivity index (χ2v) is 8.86. The number of nitrogens with zero attached hydrogens (tertiary/aromatic N) is 4. The Labute approximate surface area is 182 Å². The van der Waals surface area contributed by atoms with E-state index in [-0.39, 0.29) is 24.4 Å². The number of rotatable bonds is 8. The van der Waals surface area contributed by atoms with Crippen LogP contribution in [0.1, 0.15) is 25.8 Å². The summed E-state index contributed by atoms with van der Waals surface area (Å²) >= 11 is 2.81. The molecule has 4 rings (SSSR count). The highest BCUT2D eigenvalue weighted by Crippen LogP contribution is 2.41. The largest absolute Gasteiger partial charge is 0.463 e. The van der Waals surface area contributed by atoms with E-state index in [0.29, 0.717) is 39.6 Å². The van der Waals surface area contributed by atoms with E-state index in [9.17, 15) is 14.0 Å². The average molecular weight is 449 g/mol. The lowest BCUT2D eigenvalue weighted by Gasteiger charge is -2.16. The van der Waals surface area contributed by atoms with Crippen molar-refractivity contribution in [3.63, 3.8) is 0 Å². The molecule has 1 aromatic carbocycles. The third kappa shape index (κ3) is 4.54. The van der Waals surface area contributed by atoms with Gasteiger partial charge in [-0.2, -0.15) is 0 Å². The van der Waals surface area contributed by atoms with E-state index in [4.69, 9.17) is 4.74 Å². The predicted octanol–water partition coefficient (Wildman–Crippen LogP) is 3.49. The number of halogens is 1. The monoisotopic (exact) mass is 448 g/mol. The van der Waals surface area contributed by atoms with Crippen molar-refractivity contribution in [3.8, 4) is 11.4 Å². The smallest absolute Gasteiger partial charge is 0.333 e. The van der Waals surface area contributed by atoms with Gasteiger partial charge in [-0.15, -0.1) is 10.2 Å². The van der Waals surface area contributed by atoms with Gasteiger partial charge in [0, 0.05) is 18.3 Å². The first kappa shape index (κ1) is 20.9. The van der Waals surface area contributed by atoms with Crippen molar-refractivity contribution in [2.75, 3.05) is 24.7 Å². The van der Waals surface area contributed by atoms with Crippen LogP contribution < -0.4 is 0 Å². The minimum atomic E-state index is -0.449. The molecule has 1 aromatic heterocycles. The van der Waals surface area contributed by atoms with Gasteiger partial charge in [-0.05, 0) is 31.9 Å². The zero-order chi connectivity index (χ0) is 21.1. The predicted molar refractivity (Wildman–Crippen MR) is 113 cm³/mol. The SMILES string of the molecule is CCOC(=O)/C=C1/SCC(=O)N1CCSc1nnc(-c2ccccc2F)n1C1CC1. The van der Waals surface area contributed by atoms with Crippen LogP contribution in [-0.4, -0.2) is 56.2 Å². The quantitative estimate of drug-likeness (QED) is 0.348. The van der Waals surface area contributed by atoms with Crippen molar-refractivity contribution >= 4 is 35.4 Å². The molecular formula is C20H21FN4O3S2. The summed E-state index contributed by atoms with van der Waals surface area (Å²) in [4.78, 5) is 25.5. The lowest BCUT2D eigenvalue weighted by atomic mass is 10.2. The molecule has 7 nitrogen and oxygen atoms in total. The topological polar surface area (TPSA) is 77.3 Å². The molecular weight excluding hydrogens is 427 g/mol. The first-order chi connectivity index (χ1) is 14.6. The van der Waals surface area contributed by atoms with Crippen LogP contribution in [0.5, 0.6) is 0 Å². The molecule has 0 unspecified atom stereocenters. The molecule has 1 saturated heterocycles. The Morgan fingerprint density at radius 1 is 1.37 bits per heavy atom. The van der Waals surface area contributed by atoms with Crippen LogP contribution in [0, 0.1) is 5.82 Å². The molecule has 0 bridgehead atoms. The summed E-state index contributed by atoms with van der Waals surface area (Å²) in [5.74, 6) is 0.619. The molecule has 158 valence electrons. The van der Waals surface area contributed by atoms with Gasteiger partial charge in [0.25, 0.3) is 0 Å². The number of carbonyl (C=O) groups excluding carboxylic acids is 2. The average Bonchev–Trinajstić information content (AvgIpc) is 3.40. The molecule has 2 heterocycles. The first-order valence-corrected chi connectivity index (χ1v) is 11.7. The first-order valence-electron chi connectivity index (χ1n) is 9.72. The van der Waals surface area contributed by atoms with Crippen LogP contribution in [0.15, 0.2) is 40.5 Å². The second kappa shape index (κ2) is 9.22. The van der Waals surface area contributed by atoms with Gasteiger partial charge in [0.05, 0.1) is 29.0 Å². The van der Waals surface area contributed by atoms with Crippen molar-refractivity contribution in [2.45, 2.75) is 31.0 Å². The fourth-order valence-electron chi connectivity index (χ4n) is 3.15. The van der Waals surface area contributed by atoms with E-state index in [1.54, 1.807) is 30.0 Å². The van der Waals surface area contributed by atoms with E-state index >= 15 is 0 Å². The van der Waals surface area contributed by atoms with E-state index in [0.717, 1.165) is 12.8 Å². The molecule has 0 radical (unpaired) electrons. The van der Waals surface area contributed by atoms with E-state index < -0.39 is 5.97 Å². The minimum absolute atomic E-state index is 0.0353. The van der Waals surface area contributed by atoms with Gasteiger partial charge in [0.1, 0.15) is 5.82 Å². The number of thioether (sulfide) groups is 2. The molecule has 0 spiro atoms. The zero-order valence-corrected chi connectivity index (χ0v) is 18.0. The summed E-state index contributed by atoms with van der Waals surface area (Å²) < 4.78 is 21.2. The van der Waals surface area contributed by atoms with Gasteiger partial charge in [0.2, 0.25) is 5.91 Å². The van der Waals surface area contributed by atoms with Crippen LogP contribution in [0.4, 0.5) is 4.39 Å². The van der Waals surface area contributed by atoms with Gasteiger partial charge in [-0.1, -0.05) is 35.7 Å². The van der Waals surface area contributed by atoms with Gasteiger partial charge in [-0.3, -0.25) is 9.36 Å². The normalized spacial score (nSPS) is 17.7. The van der Waals surface area contributed by atoms with Gasteiger partial charge in [0.15, 0.2) is 11.0 Å². The molecule has 1 amide bonds. The Morgan fingerprint density at radius 2 is 2.17 bits per heavy atom. The van der Waals surface area contributed by atoms with Gasteiger partial charge in [-0.25, -0.2) is 9.18 Å². The Hall–Kier alpha value is -2.33. The van der Waals surface area contributed by atoms with Crippen molar-refractivity contribution in [2.24, 2.45) is 0 Å². The Balaban J connectivity index is 1.46. The van der Waals surface area contributed by atoms with E-state index in [1.807, 2.05) is 4.57 Å². The molecule has 2 aromatic rings. The van der Waals surface area contributed by atoms with Crippen molar-refractivity contribution < 1.29 is 18.7 Å². The molecule has 30 heavy (non-hydrogen) atoms. The maximum atomic E-state index is 14.3. The highest BCUT2D eigenvalue weighted by atomic mass is 32.2. The molecule has 2 aliphatic rings. The molecule has 0 atom stereocenters. The van der Waals surface area contributed by atoms with Crippen molar-refractivity contribution in [3.05, 3.63) is 41.2 Å². The van der Waals surface area contributed by atoms with Crippen molar-refractivity contribution in [1.82, 2.24) is 19.7 Å². The number of carbonyl (C=O) groups is 2.